The minimum atomic E-state index is -2.28. The summed E-state index contributed by atoms with van der Waals surface area (Å²) in [6.07, 6.45) is 0.834. The van der Waals surface area contributed by atoms with Crippen LogP contribution in [0.2, 0.25) is 0 Å². The van der Waals surface area contributed by atoms with Gasteiger partial charge in [0, 0.05) is 19.1 Å². The van der Waals surface area contributed by atoms with Gasteiger partial charge < -0.3 is 5.32 Å². The van der Waals surface area contributed by atoms with E-state index in [9.17, 15) is 8.78 Å². The monoisotopic (exact) mass is 150 g/mol. The Balaban J connectivity index is 2.28. The van der Waals surface area contributed by atoms with Gasteiger partial charge in [0.05, 0.1) is 0 Å². The van der Waals surface area contributed by atoms with Crippen molar-refractivity contribution < 1.29 is 8.78 Å². The lowest BCUT2D eigenvalue weighted by molar-refractivity contribution is -0.0120. The van der Waals surface area contributed by atoms with Crippen LogP contribution in [0.3, 0.4) is 0 Å². The standard InChI is InChI=1S/C6H12F2N2/c1-9-5-2-3-10(4-5)6(7)8/h5-6,9H,2-4H2,1H3. The van der Waals surface area contributed by atoms with Crippen LogP contribution in [0.1, 0.15) is 6.42 Å². The lowest BCUT2D eigenvalue weighted by Crippen LogP contribution is -2.32. The molecule has 0 spiro atoms. The third-order valence-corrected chi connectivity index (χ3v) is 1.90. The molecule has 0 aromatic carbocycles. The van der Waals surface area contributed by atoms with E-state index in [1.807, 2.05) is 0 Å². The topological polar surface area (TPSA) is 15.3 Å². The van der Waals surface area contributed by atoms with E-state index in [1.54, 1.807) is 7.05 Å². The highest BCUT2D eigenvalue weighted by Gasteiger charge is 2.26. The van der Waals surface area contributed by atoms with Crippen LogP contribution in [0.5, 0.6) is 0 Å². The Morgan fingerprint density at radius 2 is 2.30 bits per heavy atom. The summed E-state index contributed by atoms with van der Waals surface area (Å²) in [5.41, 5.74) is 0. The molecule has 1 saturated heterocycles. The third kappa shape index (κ3) is 1.64. The highest BCUT2D eigenvalue weighted by molar-refractivity contribution is 4.78. The Kier molecular flexibility index (Phi) is 2.56. The van der Waals surface area contributed by atoms with E-state index in [-0.39, 0.29) is 6.04 Å². The maximum Gasteiger partial charge on any atom is 0.294 e. The van der Waals surface area contributed by atoms with Crippen molar-refractivity contribution in [2.75, 3.05) is 20.1 Å². The molecule has 0 aromatic rings. The summed E-state index contributed by atoms with van der Waals surface area (Å²) in [5.74, 6) is 0. The van der Waals surface area contributed by atoms with Crippen molar-refractivity contribution in [3.05, 3.63) is 0 Å². The zero-order chi connectivity index (χ0) is 7.56. The first-order valence-electron chi connectivity index (χ1n) is 3.43. The van der Waals surface area contributed by atoms with E-state index >= 15 is 0 Å². The van der Waals surface area contributed by atoms with E-state index in [0.717, 1.165) is 6.42 Å². The highest BCUT2D eigenvalue weighted by Crippen LogP contribution is 2.13. The van der Waals surface area contributed by atoms with Crippen LogP contribution in [0, 0.1) is 0 Å². The smallest absolute Gasteiger partial charge is 0.294 e. The maximum atomic E-state index is 11.9. The van der Waals surface area contributed by atoms with Gasteiger partial charge in [-0.2, -0.15) is 8.78 Å². The van der Waals surface area contributed by atoms with Gasteiger partial charge in [-0.3, -0.25) is 0 Å². The number of nitrogens with zero attached hydrogens (tertiary/aromatic N) is 1. The number of hydrogen-bond donors (Lipinski definition) is 1. The molecule has 0 radical (unpaired) electrons. The van der Waals surface area contributed by atoms with Gasteiger partial charge in [-0.15, -0.1) is 0 Å². The Morgan fingerprint density at radius 3 is 2.60 bits per heavy atom. The number of alkyl halides is 2. The maximum absolute atomic E-state index is 11.9. The second-order valence-electron chi connectivity index (χ2n) is 2.55. The summed E-state index contributed by atoms with van der Waals surface area (Å²) in [6.45, 7) is -1.28. The molecule has 0 aromatic heterocycles. The zero-order valence-corrected chi connectivity index (χ0v) is 5.98. The van der Waals surface area contributed by atoms with E-state index in [0.29, 0.717) is 13.1 Å². The molecule has 2 nitrogen and oxygen atoms in total. The van der Waals surface area contributed by atoms with Gasteiger partial charge in [-0.1, -0.05) is 0 Å². The molecule has 1 N–H and O–H groups in total. The van der Waals surface area contributed by atoms with Gasteiger partial charge in [0.15, 0.2) is 0 Å². The molecule has 1 aliphatic rings. The largest absolute Gasteiger partial charge is 0.316 e. The summed E-state index contributed by atoms with van der Waals surface area (Å²) in [7, 11) is 1.81. The molecule has 1 aliphatic heterocycles. The number of halogens is 2. The Bertz CT molecular complexity index is 108. The second kappa shape index (κ2) is 3.25. The molecule has 10 heavy (non-hydrogen) atoms. The molecular weight excluding hydrogens is 138 g/mol. The average molecular weight is 150 g/mol. The first kappa shape index (κ1) is 7.88. The fourth-order valence-corrected chi connectivity index (χ4v) is 1.20. The molecule has 0 saturated carbocycles. The molecule has 1 rings (SSSR count). The fourth-order valence-electron chi connectivity index (χ4n) is 1.20. The van der Waals surface area contributed by atoms with Gasteiger partial charge >= 0.3 is 0 Å². The molecule has 0 amide bonds. The van der Waals surface area contributed by atoms with Crippen molar-refractivity contribution in [1.29, 1.82) is 0 Å². The van der Waals surface area contributed by atoms with Crippen LogP contribution >= 0.6 is 0 Å². The molecule has 1 unspecified atom stereocenters. The quantitative estimate of drug-likeness (QED) is 0.577. The normalized spacial score (nSPS) is 28.2. The Labute approximate surface area is 59.2 Å². The summed E-state index contributed by atoms with van der Waals surface area (Å²) in [6, 6.07) is 0.258. The van der Waals surface area contributed by atoms with Crippen LogP contribution < -0.4 is 5.32 Å². The minimum absolute atomic E-state index is 0.258. The second-order valence-corrected chi connectivity index (χ2v) is 2.55. The third-order valence-electron chi connectivity index (χ3n) is 1.90. The van der Waals surface area contributed by atoms with E-state index < -0.39 is 6.55 Å². The zero-order valence-electron chi connectivity index (χ0n) is 5.98. The van der Waals surface area contributed by atoms with Crippen molar-refractivity contribution in [3.63, 3.8) is 0 Å². The number of nitrogens with one attached hydrogen (secondary N) is 1. The Morgan fingerprint density at radius 1 is 1.60 bits per heavy atom. The molecular formula is C6H12F2N2. The lowest BCUT2D eigenvalue weighted by Gasteiger charge is -2.13. The summed E-state index contributed by atoms with van der Waals surface area (Å²) in [5, 5.41) is 2.97. The SMILES string of the molecule is CNC1CCN(C(F)F)C1. The predicted molar refractivity (Wildman–Crippen MR) is 35.0 cm³/mol. The van der Waals surface area contributed by atoms with Gasteiger partial charge in [-0.25, -0.2) is 4.90 Å². The van der Waals surface area contributed by atoms with Gasteiger partial charge in [0.25, 0.3) is 6.55 Å². The predicted octanol–water partition coefficient (Wildman–Crippen LogP) is 0.503. The van der Waals surface area contributed by atoms with Crippen molar-refractivity contribution in [2.24, 2.45) is 0 Å². The van der Waals surface area contributed by atoms with Crippen molar-refractivity contribution >= 4 is 0 Å². The molecule has 60 valence electrons. The van der Waals surface area contributed by atoms with E-state index in [4.69, 9.17) is 0 Å². The van der Waals surface area contributed by atoms with Crippen LogP contribution in [-0.4, -0.2) is 37.6 Å². The Hall–Kier alpha value is -0.220. The molecule has 1 heterocycles. The van der Waals surface area contributed by atoms with Crippen molar-refractivity contribution in [1.82, 2.24) is 10.2 Å². The minimum Gasteiger partial charge on any atom is -0.316 e. The average Bonchev–Trinajstić information content (AvgIpc) is 2.34. The number of likely N-dealkylation sites (tertiary alicyclic amines) is 1. The van der Waals surface area contributed by atoms with Gasteiger partial charge in [0.1, 0.15) is 0 Å². The van der Waals surface area contributed by atoms with Crippen LogP contribution in [0.15, 0.2) is 0 Å². The van der Waals surface area contributed by atoms with Crippen molar-refractivity contribution in [3.8, 4) is 0 Å². The summed E-state index contributed by atoms with van der Waals surface area (Å²) < 4.78 is 23.9. The summed E-state index contributed by atoms with van der Waals surface area (Å²) >= 11 is 0. The van der Waals surface area contributed by atoms with Crippen LogP contribution in [0.4, 0.5) is 8.78 Å². The molecule has 4 heteroatoms. The number of likely N-dealkylation sites (N-methyl/N-ethyl adjacent to an activating group) is 1. The van der Waals surface area contributed by atoms with Gasteiger partial charge in [-0.05, 0) is 13.5 Å². The number of rotatable bonds is 2. The molecule has 1 fully saturated rings. The van der Waals surface area contributed by atoms with Crippen molar-refractivity contribution in [2.45, 2.75) is 19.0 Å². The molecule has 1 atom stereocenters. The van der Waals surface area contributed by atoms with Crippen LogP contribution in [-0.2, 0) is 0 Å². The lowest BCUT2D eigenvalue weighted by atomic mass is 10.3. The summed E-state index contributed by atoms with van der Waals surface area (Å²) in [4.78, 5) is 1.18. The fraction of sp³-hybridized carbons (Fsp3) is 1.00. The number of hydrogen-bond acceptors (Lipinski definition) is 2. The molecule has 0 bridgehead atoms. The van der Waals surface area contributed by atoms with E-state index in [1.165, 1.54) is 4.90 Å². The van der Waals surface area contributed by atoms with Crippen LogP contribution in [0.25, 0.3) is 0 Å². The first-order chi connectivity index (χ1) is 4.74. The first-order valence-corrected chi connectivity index (χ1v) is 3.43. The van der Waals surface area contributed by atoms with E-state index in [2.05, 4.69) is 5.32 Å². The highest BCUT2D eigenvalue weighted by atomic mass is 19.3. The molecule has 0 aliphatic carbocycles. The van der Waals surface area contributed by atoms with Gasteiger partial charge in [0.2, 0.25) is 0 Å².